The number of ether oxygens (including phenoxy) is 1. The summed E-state index contributed by atoms with van der Waals surface area (Å²) in [6, 6.07) is 15.1. The highest BCUT2D eigenvalue weighted by molar-refractivity contribution is 5.67. The van der Waals surface area contributed by atoms with Crippen LogP contribution >= 0.6 is 0 Å². The minimum Gasteiger partial charge on any atom is -0.493 e. The molecule has 1 heterocycles. The van der Waals surface area contributed by atoms with Crippen molar-refractivity contribution in [2.24, 2.45) is 0 Å². The summed E-state index contributed by atoms with van der Waals surface area (Å²) in [6.45, 7) is 2.14. The van der Waals surface area contributed by atoms with Crippen molar-refractivity contribution in [2.45, 2.75) is 32.8 Å². The minimum atomic E-state index is -0.859. The number of aliphatic hydroxyl groups excluding tert-OH is 1. The second kappa shape index (κ2) is 9.19. The minimum absolute atomic E-state index is 0.0301. The van der Waals surface area contributed by atoms with E-state index in [0.717, 1.165) is 22.6 Å². The standard InChI is InChI=1S/C22H23NO5/c1-15-20(23-22(28-15)17-5-3-2-4-6-17)11-12-27-19-9-7-16(8-10-21(25)26)18(13-19)14-24/h2-7,9,13,24H,8,10-12,14H2,1H3,(H,25,26). The summed E-state index contributed by atoms with van der Waals surface area (Å²) < 4.78 is 11.5. The monoisotopic (exact) mass is 381 g/mol. The maximum absolute atomic E-state index is 10.7. The molecule has 3 rings (SSSR count). The molecule has 6 nitrogen and oxygen atoms in total. The largest absolute Gasteiger partial charge is 0.493 e. The number of nitrogens with zero attached hydrogens (tertiary/aromatic N) is 1. The average molecular weight is 381 g/mol. The number of aromatic nitrogens is 1. The Labute approximate surface area is 163 Å². The van der Waals surface area contributed by atoms with Crippen LogP contribution in [0.1, 0.15) is 29.0 Å². The quantitative estimate of drug-likeness (QED) is 0.586. The van der Waals surface area contributed by atoms with Gasteiger partial charge in [0.15, 0.2) is 0 Å². The second-order valence-electron chi connectivity index (χ2n) is 6.47. The molecule has 0 fully saturated rings. The van der Waals surface area contributed by atoms with Crippen LogP contribution in [0.2, 0.25) is 0 Å². The van der Waals surface area contributed by atoms with Crippen LogP contribution in [0.5, 0.6) is 5.75 Å². The number of carboxylic acid groups (broad SMARTS) is 1. The Morgan fingerprint density at radius 2 is 1.89 bits per heavy atom. The molecular formula is C22H23NO5. The van der Waals surface area contributed by atoms with E-state index >= 15 is 0 Å². The van der Waals surface area contributed by atoms with Crippen molar-refractivity contribution in [3.63, 3.8) is 0 Å². The lowest BCUT2D eigenvalue weighted by atomic mass is 10.0. The van der Waals surface area contributed by atoms with Crippen molar-refractivity contribution < 1.29 is 24.2 Å². The molecule has 0 aliphatic carbocycles. The molecule has 0 atom stereocenters. The van der Waals surface area contributed by atoms with Crippen molar-refractivity contribution >= 4 is 5.97 Å². The summed E-state index contributed by atoms with van der Waals surface area (Å²) in [5.41, 5.74) is 3.28. The van der Waals surface area contributed by atoms with Gasteiger partial charge in [-0.15, -0.1) is 0 Å². The van der Waals surface area contributed by atoms with Crippen LogP contribution in [0.4, 0.5) is 0 Å². The molecule has 28 heavy (non-hydrogen) atoms. The van der Waals surface area contributed by atoms with E-state index in [0.29, 0.717) is 36.7 Å². The summed E-state index contributed by atoms with van der Waals surface area (Å²) in [5.74, 6) is 1.13. The molecule has 0 bridgehead atoms. The summed E-state index contributed by atoms with van der Waals surface area (Å²) in [6.07, 6.45) is 1.01. The number of oxazole rings is 1. The van der Waals surface area contributed by atoms with Gasteiger partial charge in [0, 0.05) is 18.4 Å². The third-order valence-corrected chi connectivity index (χ3v) is 4.48. The summed E-state index contributed by atoms with van der Waals surface area (Å²) >= 11 is 0. The first-order valence-corrected chi connectivity index (χ1v) is 9.16. The fourth-order valence-corrected chi connectivity index (χ4v) is 2.95. The molecule has 0 saturated carbocycles. The summed E-state index contributed by atoms with van der Waals surface area (Å²) in [5, 5.41) is 18.3. The molecule has 2 aromatic carbocycles. The van der Waals surface area contributed by atoms with Crippen LogP contribution in [0.3, 0.4) is 0 Å². The zero-order chi connectivity index (χ0) is 19.9. The molecule has 0 aliphatic rings. The van der Waals surface area contributed by atoms with Crippen LogP contribution in [0.25, 0.3) is 11.5 Å². The number of hydrogen-bond acceptors (Lipinski definition) is 5. The number of carboxylic acids is 1. The lowest BCUT2D eigenvalue weighted by Crippen LogP contribution is -2.05. The number of hydrogen-bond donors (Lipinski definition) is 2. The number of carbonyl (C=O) groups is 1. The molecule has 146 valence electrons. The van der Waals surface area contributed by atoms with Gasteiger partial charge in [0.1, 0.15) is 11.5 Å². The smallest absolute Gasteiger partial charge is 0.303 e. The van der Waals surface area contributed by atoms with Gasteiger partial charge in [-0.3, -0.25) is 4.79 Å². The second-order valence-corrected chi connectivity index (χ2v) is 6.47. The third-order valence-electron chi connectivity index (χ3n) is 4.48. The van der Waals surface area contributed by atoms with Gasteiger partial charge in [-0.1, -0.05) is 24.3 Å². The van der Waals surface area contributed by atoms with Crippen molar-refractivity contribution in [3.8, 4) is 17.2 Å². The number of benzene rings is 2. The third kappa shape index (κ3) is 4.98. The van der Waals surface area contributed by atoms with E-state index < -0.39 is 5.97 Å². The zero-order valence-corrected chi connectivity index (χ0v) is 15.7. The molecule has 3 aromatic rings. The molecule has 0 spiro atoms. The van der Waals surface area contributed by atoms with E-state index in [1.165, 1.54) is 0 Å². The van der Waals surface area contributed by atoms with Crippen LogP contribution < -0.4 is 4.74 Å². The number of aryl methyl sites for hydroxylation is 2. The topological polar surface area (TPSA) is 92.8 Å². The molecule has 0 amide bonds. The molecular weight excluding hydrogens is 358 g/mol. The van der Waals surface area contributed by atoms with E-state index in [1.807, 2.05) is 37.3 Å². The Morgan fingerprint density at radius 1 is 1.11 bits per heavy atom. The highest BCUT2D eigenvalue weighted by Gasteiger charge is 2.12. The van der Waals surface area contributed by atoms with Crippen LogP contribution in [0, 0.1) is 6.92 Å². The number of aliphatic carboxylic acids is 1. The van der Waals surface area contributed by atoms with Crippen molar-refractivity contribution in [2.75, 3.05) is 6.61 Å². The van der Waals surface area contributed by atoms with Gasteiger partial charge >= 0.3 is 5.97 Å². The lowest BCUT2D eigenvalue weighted by molar-refractivity contribution is -0.136. The van der Waals surface area contributed by atoms with Crippen molar-refractivity contribution in [1.82, 2.24) is 4.98 Å². The van der Waals surface area contributed by atoms with E-state index in [-0.39, 0.29) is 13.0 Å². The first-order chi connectivity index (χ1) is 13.6. The average Bonchev–Trinajstić information content (AvgIpc) is 3.08. The number of aliphatic hydroxyl groups is 1. The molecule has 0 saturated heterocycles. The fourth-order valence-electron chi connectivity index (χ4n) is 2.95. The summed E-state index contributed by atoms with van der Waals surface area (Å²) in [4.78, 5) is 15.3. The van der Waals surface area contributed by atoms with Gasteiger partial charge in [0.2, 0.25) is 5.89 Å². The van der Waals surface area contributed by atoms with Crippen molar-refractivity contribution in [1.29, 1.82) is 0 Å². The van der Waals surface area contributed by atoms with E-state index in [2.05, 4.69) is 4.98 Å². The zero-order valence-electron chi connectivity index (χ0n) is 15.7. The van der Waals surface area contributed by atoms with E-state index in [9.17, 15) is 9.90 Å². The van der Waals surface area contributed by atoms with E-state index in [4.69, 9.17) is 14.3 Å². The van der Waals surface area contributed by atoms with Crippen LogP contribution in [-0.2, 0) is 24.2 Å². The molecule has 0 unspecified atom stereocenters. The molecule has 2 N–H and O–H groups in total. The SMILES string of the molecule is Cc1oc(-c2ccccc2)nc1CCOc1ccc(CCC(=O)O)c(CO)c1. The normalized spacial score (nSPS) is 10.8. The van der Waals surface area contributed by atoms with Crippen LogP contribution in [0.15, 0.2) is 52.9 Å². The maximum Gasteiger partial charge on any atom is 0.303 e. The highest BCUT2D eigenvalue weighted by Crippen LogP contribution is 2.23. The first-order valence-electron chi connectivity index (χ1n) is 9.16. The Hall–Kier alpha value is -3.12. The summed E-state index contributed by atoms with van der Waals surface area (Å²) in [7, 11) is 0. The Morgan fingerprint density at radius 3 is 2.61 bits per heavy atom. The lowest BCUT2D eigenvalue weighted by Gasteiger charge is -2.10. The predicted molar refractivity (Wildman–Crippen MR) is 104 cm³/mol. The van der Waals surface area contributed by atoms with Gasteiger partial charge in [-0.2, -0.15) is 0 Å². The predicted octanol–water partition coefficient (Wildman–Crippen LogP) is 3.78. The molecule has 0 aliphatic heterocycles. The maximum atomic E-state index is 10.7. The Bertz CT molecular complexity index is 933. The van der Waals surface area contributed by atoms with E-state index in [1.54, 1.807) is 18.2 Å². The van der Waals surface area contributed by atoms with Gasteiger partial charge in [-0.05, 0) is 48.7 Å². The Kier molecular flexibility index (Phi) is 6.45. The molecule has 0 radical (unpaired) electrons. The molecule has 6 heteroatoms. The van der Waals surface area contributed by atoms with Gasteiger partial charge in [0.25, 0.3) is 0 Å². The first kappa shape index (κ1) is 19.6. The van der Waals surface area contributed by atoms with Gasteiger partial charge < -0.3 is 19.4 Å². The highest BCUT2D eigenvalue weighted by atomic mass is 16.5. The van der Waals surface area contributed by atoms with Gasteiger partial charge in [0.05, 0.1) is 18.9 Å². The fraction of sp³-hybridized carbons (Fsp3) is 0.273. The van der Waals surface area contributed by atoms with Gasteiger partial charge in [-0.25, -0.2) is 4.98 Å². The Balaban J connectivity index is 1.60. The van der Waals surface area contributed by atoms with Crippen LogP contribution in [-0.4, -0.2) is 27.8 Å². The number of rotatable bonds is 9. The molecule has 1 aromatic heterocycles. The van der Waals surface area contributed by atoms with Crippen molar-refractivity contribution in [3.05, 3.63) is 71.1 Å².